The quantitative estimate of drug-likeness (QED) is 0.677. The minimum atomic E-state index is -5.30. The Morgan fingerprint density at radius 2 is 1.71 bits per heavy atom. The summed E-state index contributed by atoms with van der Waals surface area (Å²) in [5, 5.41) is 3.26. The van der Waals surface area contributed by atoms with Gasteiger partial charge in [-0.2, -0.15) is 13.2 Å². The van der Waals surface area contributed by atoms with Crippen LogP contribution in [-0.4, -0.2) is 48.8 Å². The Bertz CT molecular complexity index is 1010. The number of imide groups is 1. The minimum absolute atomic E-state index is 0.182. The van der Waals surface area contributed by atoms with E-state index in [2.05, 4.69) is 0 Å². The first-order valence-electron chi connectivity index (χ1n) is 8.91. The van der Waals surface area contributed by atoms with E-state index < -0.39 is 36.2 Å². The summed E-state index contributed by atoms with van der Waals surface area (Å²) in [6.45, 7) is -0.429. The third kappa shape index (κ3) is 4.11. The van der Waals surface area contributed by atoms with E-state index in [9.17, 15) is 27.6 Å². The van der Waals surface area contributed by atoms with Crippen molar-refractivity contribution >= 4 is 17.8 Å². The first-order chi connectivity index (χ1) is 14.6. The Morgan fingerprint density at radius 1 is 1.06 bits per heavy atom. The van der Waals surface area contributed by atoms with Gasteiger partial charge in [0.15, 0.2) is 0 Å². The lowest BCUT2D eigenvalue weighted by Gasteiger charge is -2.30. The molecular formula is C20H18F3N3O5. The maximum absolute atomic E-state index is 14.0. The highest BCUT2D eigenvalue weighted by Crippen LogP contribution is 2.35. The van der Waals surface area contributed by atoms with Gasteiger partial charge < -0.3 is 14.8 Å². The number of methoxy groups -OCH3 is 2. The summed E-state index contributed by atoms with van der Waals surface area (Å²) in [7, 11) is 2.77. The van der Waals surface area contributed by atoms with Crippen LogP contribution < -0.4 is 20.1 Å². The molecule has 0 radical (unpaired) electrons. The summed E-state index contributed by atoms with van der Waals surface area (Å²) >= 11 is 0. The second-order valence-electron chi connectivity index (χ2n) is 6.60. The van der Waals surface area contributed by atoms with E-state index in [1.54, 1.807) is 10.6 Å². The van der Waals surface area contributed by atoms with Gasteiger partial charge in [-0.05, 0) is 35.9 Å². The minimum Gasteiger partial charge on any atom is -0.497 e. The highest BCUT2D eigenvalue weighted by atomic mass is 19.4. The fourth-order valence-corrected chi connectivity index (χ4v) is 2.99. The molecule has 1 aliphatic rings. The zero-order valence-electron chi connectivity index (χ0n) is 16.4. The van der Waals surface area contributed by atoms with Crippen LogP contribution in [0, 0.1) is 0 Å². The SMILES string of the molecule is COc1ccc(CN2C(=O)NC(NC(=O)c3cccc(OC)c3)(C(F)(F)F)C2=O)cc1. The van der Waals surface area contributed by atoms with Crippen molar-refractivity contribution in [1.29, 1.82) is 0 Å². The van der Waals surface area contributed by atoms with Crippen molar-refractivity contribution in [1.82, 2.24) is 15.5 Å². The number of benzene rings is 2. The van der Waals surface area contributed by atoms with Crippen LogP contribution in [-0.2, 0) is 11.3 Å². The molecular weight excluding hydrogens is 419 g/mol. The molecule has 2 N–H and O–H groups in total. The summed E-state index contributed by atoms with van der Waals surface area (Å²) in [4.78, 5) is 37.9. The Labute approximate surface area is 174 Å². The highest BCUT2D eigenvalue weighted by molar-refractivity contribution is 6.10. The summed E-state index contributed by atoms with van der Waals surface area (Å²) in [5.74, 6) is -2.12. The molecule has 8 nitrogen and oxygen atoms in total. The molecule has 1 unspecified atom stereocenters. The molecule has 0 saturated carbocycles. The number of carbonyl (C=O) groups is 3. The fraction of sp³-hybridized carbons (Fsp3) is 0.250. The zero-order chi connectivity index (χ0) is 22.8. The van der Waals surface area contributed by atoms with Crippen LogP contribution in [0.25, 0.3) is 0 Å². The molecule has 11 heteroatoms. The Hall–Kier alpha value is -3.76. The topological polar surface area (TPSA) is 97.0 Å². The van der Waals surface area contributed by atoms with Crippen LogP contribution in [0.5, 0.6) is 11.5 Å². The monoisotopic (exact) mass is 437 g/mol. The van der Waals surface area contributed by atoms with Crippen molar-refractivity contribution in [3.63, 3.8) is 0 Å². The second-order valence-corrected chi connectivity index (χ2v) is 6.60. The van der Waals surface area contributed by atoms with Gasteiger partial charge in [0, 0.05) is 5.56 Å². The number of urea groups is 1. The van der Waals surface area contributed by atoms with Gasteiger partial charge in [0.2, 0.25) is 0 Å². The fourth-order valence-electron chi connectivity index (χ4n) is 2.99. The molecule has 1 aliphatic heterocycles. The number of alkyl halides is 3. The average Bonchev–Trinajstić information content (AvgIpc) is 2.99. The number of amides is 4. The molecule has 0 aromatic heterocycles. The van der Waals surface area contributed by atoms with Crippen LogP contribution >= 0.6 is 0 Å². The highest BCUT2D eigenvalue weighted by Gasteiger charge is 2.68. The number of ether oxygens (including phenoxy) is 2. The summed E-state index contributed by atoms with van der Waals surface area (Å²) < 4.78 is 51.8. The van der Waals surface area contributed by atoms with Crippen LogP contribution in [0.2, 0.25) is 0 Å². The van der Waals surface area contributed by atoms with Crippen molar-refractivity contribution in [2.45, 2.75) is 18.4 Å². The number of carbonyl (C=O) groups excluding carboxylic acids is 3. The third-order valence-electron chi connectivity index (χ3n) is 4.66. The standard InChI is InChI=1S/C20H18F3N3O5/c1-30-14-8-6-12(7-9-14)11-26-17(28)19(20(21,22)23,25-18(26)29)24-16(27)13-4-3-5-15(10-13)31-2/h3-10H,11H2,1-2H3,(H,24,27)(H,25,29). The molecule has 0 spiro atoms. The molecule has 1 atom stereocenters. The Balaban J connectivity index is 1.89. The number of hydrogen-bond acceptors (Lipinski definition) is 5. The molecule has 3 rings (SSSR count). The van der Waals surface area contributed by atoms with Crippen LogP contribution in [0.15, 0.2) is 48.5 Å². The molecule has 0 aliphatic carbocycles. The predicted molar refractivity (Wildman–Crippen MR) is 101 cm³/mol. The molecule has 164 valence electrons. The van der Waals surface area contributed by atoms with Gasteiger partial charge in [-0.1, -0.05) is 18.2 Å². The maximum Gasteiger partial charge on any atom is 0.440 e. The second kappa shape index (κ2) is 8.17. The van der Waals surface area contributed by atoms with Crippen molar-refractivity contribution in [2.75, 3.05) is 14.2 Å². The molecule has 31 heavy (non-hydrogen) atoms. The van der Waals surface area contributed by atoms with Gasteiger partial charge in [0.05, 0.1) is 20.8 Å². The summed E-state index contributed by atoms with van der Waals surface area (Å²) in [6.07, 6.45) is -5.30. The number of nitrogens with zero attached hydrogens (tertiary/aromatic N) is 1. The van der Waals surface area contributed by atoms with E-state index in [4.69, 9.17) is 9.47 Å². The number of nitrogens with one attached hydrogen (secondary N) is 2. The summed E-state index contributed by atoms with van der Waals surface area (Å²) in [6, 6.07) is 10.1. The van der Waals surface area contributed by atoms with Gasteiger partial charge in [-0.3, -0.25) is 19.8 Å². The van der Waals surface area contributed by atoms with E-state index in [0.717, 1.165) is 0 Å². The molecule has 0 bridgehead atoms. The average molecular weight is 437 g/mol. The largest absolute Gasteiger partial charge is 0.497 e. The van der Waals surface area contributed by atoms with Gasteiger partial charge in [-0.25, -0.2) is 4.79 Å². The van der Waals surface area contributed by atoms with E-state index in [1.165, 1.54) is 62.8 Å². The maximum atomic E-state index is 14.0. The van der Waals surface area contributed by atoms with Gasteiger partial charge in [0.1, 0.15) is 11.5 Å². The number of halogens is 3. The van der Waals surface area contributed by atoms with E-state index in [-0.39, 0.29) is 11.3 Å². The van der Waals surface area contributed by atoms with Crippen LogP contribution in [0.3, 0.4) is 0 Å². The first-order valence-corrected chi connectivity index (χ1v) is 8.91. The molecule has 2 aromatic rings. The zero-order valence-corrected chi connectivity index (χ0v) is 16.4. The normalized spacial score (nSPS) is 18.5. The predicted octanol–water partition coefficient (Wildman–Crippen LogP) is 2.44. The van der Waals surface area contributed by atoms with Crippen LogP contribution in [0.1, 0.15) is 15.9 Å². The molecule has 2 aromatic carbocycles. The lowest BCUT2D eigenvalue weighted by atomic mass is 10.1. The van der Waals surface area contributed by atoms with E-state index >= 15 is 0 Å². The van der Waals surface area contributed by atoms with Gasteiger partial charge >= 0.3 is 12.2 Å². The lowest BCUT2D eigenvalue weighted by Crippen LogP contribution is -2.69. The van der Waals surface area contributed by atoms with E-state index in [0.29, 0.717) is 16.2 Å². The third-order valence-corrected chi connectivity index (χ3v) is 4.66. The van der Waals surface area contributed by atoms with Crippen molar-refractivity contribution < 1.29 is 37.0 Å². The number of hydrogen-bond donors (Lipinski definition) is 2. The van der Waals surface area contributed by atoms with E-state index in [1.807, 2.05) is 0 Å². The molecule has 1 fully saturated rings. The van der Waals surface area contributed by atoms with Gasteiger partial charge in [0.25, 0.3) is 17.5 Å². The van der Waals surface area contributed by atoms with Crippen molar-refractivity contribution in [3.05, 3.63) is 59.7 Å². The Morgan fingerprint density at radius 3 is 2.29 bits per heavy atom. The van der Waals surface area contributed by atoms with Crippen molar-refractivity contribution in [2.24, 2.45) is 0 Å². The molecule has 1 saturated heterocycles. The Kier molecular flexibility index (Phi) is 5.78. The smallest absolute Gasteiger partial charge is 0.440 e. The van der Waals surface area contributed by atoms with Gasteiger partial charge in [-0.15, -0.1) is 0 Å². The lowest BCUT2D eigenvalue weighted by molar-refractivity contribution is -0.200. The van der Waals surface area contributed by atoms with Crippen LogP contribution in [0.4, 0.5) is 18.0 Å². The van der Waals surface area contributed by atoms with Crippen molar-refractivity contribution in [3.8, 4) is 11.5 Å². The number of rotatable bonds is 6. The molecule has 1 heterocycles. The molecule has 4 amide bonds. The summed E-state index contributed by atoms with van der Waals surface area (Å²) in [5.41, 5.74) is -3.39. The first kappa shape index (κ1) is 21.9.